The van der Waals surface area contributed by atoms with Gasteiger partial charge in [0, 0.05) is 45.9 Å². The van der Waals surface area contributed by atoms with Crippen molar-refractivity contribution in [3.8, 4) is 61.8 Å². The smallest absolute Gasteiger partial charge is 0.137 e. The third-order valence-electron chi connectivity index (χ3n) is 16.9. The quantitative estimate of drug-likeness (QED) is 0.144. The van der Waals surface area contributed by atoms with E-state index in [0.29, 0.717) is 62.5 Å². The zero-order chi connectivity index (χ0) is 62.1. The van der Waals surface area contributed by atoms with Gasteiger partial charge in [-0.2, -0.15) is 0 Å². The van der Waals surface area contributed by atoms with Gasteiger partial charge in [-0.25, -0.2) is 4.98 Å². The molecule has 0 saturated heterocycles. The van der Waals surface area contributed by atoms with Gasteiger partial charge in [0.2, 0.25) is 0 Å². The molecule has 402 valence electrons. The molecular weight excluding hydrogens is 985 g/mol. The molecule has 13 rings (SSSR count). The maximum Gasteiger partial charge on any atom is 0.137 e. The fraction of sp³-hybridized carbons (Fsp3) is 0.224. The number of para-hydroxylation sites is 3. The van der Waals surface area contributed by atoms with E-state index in [1.54, 1.807) is 6.20 Å². The van der Waals surface area contributed by atoms with E-state index in [0.717, 1.165) is 74.5 Å². The molecule has 81 heavy (non-hydrogen) atoms. The third kappa shape index (κ3) is 9.46. The number of ether oxygens (including phenoxy) is 1. The molecule has 0 fully saturated rings. The number of nitrogens with zero attached hydrogens (tertiary/aromatic N) is 4. The van der Waals surface area contributed by atoms with Gasteiger partial charge in [0.25, 0.3) is 0 Å². The van der Waals surface area contributed by atoms with Crippen molar-refractivity contribution in [2.45, 2.75) is 104 Å². The van der Waals surface area contributed by atoms with Crippen LogP contribution in [0.25, 0.3) is 72.1 Å². The second-order valence-electron chi connectivity index (χ2n) is 25.4. The average molecular weight is 1060 g/mol. The molecule has 2 aliphatic rings. The van der Waals surface area contributed by atoms with E-state index in [9.17, 15) is 5.48 Å². The van der Waals surface area contributed by atoms with Gasteiger partial charge in [0.1, 0.15) is 24.0 Å². The van der Waals surface area contributed by atoms with Crippen molar-refractivity contribution in [3.63, 3.8) is 0 Å². The molecule has 0 radical (unpaired) electrons. The van der Waals surface area contributed by atoms with Crippen LogP contribution in [-0.2, 0) is 21.7 Å². The van der Waals surface area contributed by atoms with Crippen molar-refractivity contribution < 1.29 is 14.3 Å². The van der Waals surface area contributed by atoms with Crippen LogP contribution >= 0.6 is 0 Å². The highest BCUT2D eigenvalue weighted by molar-refractivity contribution is 6.09. The molecule has 0 unspecified atom stereocenters. The van der Waals surface area contributed by atoms with Gasteiger partial charge >= 0.3 is 0 Å². The van der Waals surface area contributed by atoms with Gasteiger partial charge in [-0.15, -0.1) is 0 Å². The SMILES string of the molecule is [2H]c1c(-c2ccccc2)c([2H])c(-c2cc(C(C)(C)C)cc(-c3ccc4c(c3)C(C)(C)CCC4(C)C)c2N2CN(c3cccc(Oc4ccc5c6c([2H])c([2H])c([2H])c([2H])c6n(-c6cc(C(C)(C)C)ccn6)c5c4)c3)c3ccccc32)c([2H])c1-c1ccccc1. The number of benzene rings is 9. The van der Waals surface area contributed by atoms with Crippen molar-refractivity contribution in [2.75, 3.05) is 16.5 Å². The van der Waals surface area contributed by atoms with E-state index in [1.165, 1.54) is 11.1 Å². The topological polar surface area (TPSA) is 33.5 Å². The van der Waals surface area contributed by atoms with E-state index in [-0.39, 0.29) is 64.0 Å². The number of pyridine rings is 1. The standard InChI is InChI=1S/C76H72N4O/c1-73(2,3)56-36-39-77-71(46-56)80-67-29-18-17-28-61(67)62-34-33-60(48-70(62)80)81-59-27-21-26-58(47-59)78-49-79(69-31-20-19-30-68(69)78)72-63(52-32-35-65-66(43-52)76(9,10)38-37-75(65,7)8)44-57(74(4,5)6)45-64(72)55-41-53(50-22-13-11-14-23-50)40-54(42-55)51-24-15-12-16-25-51/h11-36,39-48H,37-38,49H2,1-10H3/i17D,18D,28D,29D,40D,41D,42D. The maximum absolute atomic E-state index is 10.5. The first-order valence-electron chi connectivity index (χ1n) is 31.8. The van der Waals surface area contributed by atoms with Crippen molar-refractivity contribution in [3.05, 3.63) is 241 Å². The first-order valence-corrected chi connectivity index (χ1v) is 28.3. The Kier molecular flexibility index (Phi) is 10.7. The minimum Gasteiger partial charge on any atom is -0.457 e. The summed E-state index contributed by atoms with van der Waals surface area (Å²) in [5.41, 5.74) is 14.3. The number of hydrogen-bond donors (Lipinski definition) is 0. The molecule has 11 aromatic rings. The summed E-state index contributed by atoms with van der Waals surface area (Å²) in [6.07, 6.45) is 3.88. The van der Waals surface area contributed by atoms with Gasteiger partial charge in [-0.3, -0.25) is 4.57 Å². The normalized spacial score (nSPS) is 16.0. The molecule has 0 bridgehead atoms. The van der Waals surface area contributed by atoms with Crippen LogP contribution in [-0.4, -0.2) is 16.2 Å². The first-order chi connectivity index (χ1) is 41.8. The lowest BCUT2D eigenvalue weighted by atomic mass is 9.63. The lowest BCUT2D eigenvalue weighted by molar-refractivity contribution is 0.332. The maximum atomic E-state index is 10.5. The molecular formula is C76H72N4O. The van der Waals surface area contributed by atoms with Crippen molar-refractivity contribution in [2.24, 2.45) is 0 Å². The molecule has 0 amide bonds. The third-order valence-corrected chi connectivity index (χ3v) is 16.9. The molecule has 0 N–H and O–H groups in total. The number of fused-ring (bicyclic) bond motifs is 5. The molecule has 1 aliphatic heterocycles. The molecule has 0 atom stereocenters. The zero-order valence-electron chi connectivity index (χ0n) is 55.1. The average Bonchev–Trinajstić information content (AvgIpc) is 1.29. The van der Waals surface area contributed by atoms with E-state index < -0.39 is 0 Å². The Morgan fingerprint density at radius 2 is 1.09 bits per heavy atom. The molecule has 0 spiro atoms. The van der Waals surface area contributed by atoms with E-state index in [2.05, 4.69) is 140 Å². The van der Waals surface area contributed by atoms with E-state index in [4.69, 9.17) is 13.8 Å². The minimum absolute atomic E-state index is 0.0154. The second kappa shape index (κ2) is 19.6. The largest absolute Gasteiger partial charge is 0.457 e. The highest BCUT2D eigenvalue weighted by atomic mass is 16.5. The van der Waals surface area contributed by atoms with Gasteiger partial charge in [0.15, 0.2) is 0 Å². The van der Waals surface area contributed by atoms with Gasteiger partial charge in [-0.05, 0) is 175 Å². The van der Waals surface area contributed by atoms with Crippen LogP contribution in [0.5, 0.6) is 11.5 Å². The minimum atomic E-state index is -0.363. The van der Waals surface area contributed by atoms with Crippen LogP contribution in [0, 0.1) is 0 Å². The Bertz CT molecular complexity index is 4570. The summed E-state index contributed by atoms with van der Waals surface area (Å²) < 4.78 is 75.3. The Balaban J connectivity index is 1.00. The molecule has 2 aromatic heterocycles. The predicted molar refractivity (Wildman–Crippen MR) is 342 cm³/mol. The van der Waals surface area contributed by atoms with Crippen molar-refractivity contribution >= 4 is 44.6 Å². The zero-order valence-corrected chi connectivity index (χ0v) is 48.1. The van der Waals surface area contributed by atoms with Crippen molar-refractivity contribution in [1.29, 1.82) is 0 Å². The summed E-state index contributed by atoms with van der Waals surface area (Å²) in [5, 5.41) is 1.06. The Morgan fingerprint density at radius 3 is 1.77 bits per heavy atom. The molecule has 9 aromatic carbocycles. The molecule has 1 aliphatic carbocycles. The Morgan fingerprint density at radius 1 is 0.481 bits per heavy atom. The monoisotopic (exact) mass is 1060 g/mol. The van der Waals surface area contributed by atoms with Gasteiger partial charge in [0.05, 0.1) is 37.7 Å². The van der Waals surface area contributed by atoms with Crippen LogP contribution < -0.4 is 14.5 Å². The van der Waals surface area contributed by atoms with E-state index >= 15 is 0 Å². The van der Waals surface area contributed by atoms with Crippen molar-refractivity contribution in [1.82, 2.24) is 9.55 Å². The highest BCUT2D eigenvalue weighted by Crippen LogP contribution is 2.54. The lowest BCUT2D eigenvalue weighted by Crippen LogP contribution is -2.33. The van der Waals surface area contributed by atoms with Crippen LogP contribution in [0.15, 0.2) is 218 Å². The molecule has 0 saturated carbocycles. The predicted octanol–water partition coefficient (Wildman–Crippen LogP) is 20.8. The second-order valence-corrected chi connectivity index (χ2v) is 25.4. The van der Waals surface area contributed by atoms with E-state index in [1.807, 2.05) is 114 Å². The summed E-state index contributed by atoms with van der Waals surface area (Å²) in [6, 6.07) is 56.6. The van der Waals surface area contributed by atoms with Crippen LogP contribution in [0.3, 0.4) is 0 Å². The number of hydrogen-bond acceptors (Lipinski definition) is 4. The number of aromatic nitrogens is 2. The Hall–Kier alpha value is -8.67. The number of anilines is 4. The highest BCUT2D eigenvalue weighted by Gasteiger charge is 2.38. The molecule has 3 heterocycles. The summed E-state index contributed by atoms with van der Waals surface area (Å²) in [5.74, 6) is 1.61. The summed E-state index contributed by atoms with van der Waals surface area (Å²) >= 11 is 0. The summed E-state index contributed by atoms with van der Waals surface area (Å²) in [6.45, 7) is 22.8. The van der Waals surface area contributed by atoms with Crippen LogP contribution in [0.4, 0.5) is 22.7 Å². The van der Waals surface area contributed by atoms with Gasteiger partial charge < -0.3 is 14.5 Å². The summed E-state index contributed by atoms with van der Waals surface area (Å²) in [7, 11) is 0. The first kappa shape index (κ1) is 44.1. The molecule has 5 nitrogen and oxygen atoms in total. The van der Waals surface area contributed by atoms with Gasteiger partial charge in [-0.1, -0.05) is 184 Å². The number of rotatable bonds is 9. The van der Waals surface area contributed by atoms with Crippen LogP contribution in [0.1, 0.15) is 114 Å². The Labute approximate surface area is 489 Å². The molecule has 5 heteroatoms. The fourth-order valence-corrected chi connectivity index (χ4v) is 12.1. The summed E-state index contributed by atoms with van der Waals surface area (Å²) in [4.78, 5) is 9.44. The fourth-order valence-electron chi connectivity index (χ4n) is 12.1. The van der Waals surface area contributed by atoms with Crippen LogP contribution in [0.2, 0.25) is 0 Å². The lowest BCUT2D eigenvalue weighted by Gasteiger charge is -2.42.